The van der Waals surface area contributed by atoms with Gasteiger partial charge in [0.15, 0.2) is 0 Å². The Morgan fingerprint density at radius 2 is 0.927 bits per heavy atom. The van der Waals surface area contributed by atoms with E-state index in [0.717, 1.165) is 58.0 Å². The molecule has 7 rings (SSSR count). The zero-order valence-electron chi connectivity index (χ0n) is 32.1. The summed E-state index contributed by atoms with van der Waals surface area (Å²) >= 11 is 0. The molecule has 0 bridgehead atoms. The summed E-state index contributed by atoms with van der Waals surface area (Å²) in [5, 5.41) is 0. The number of hydrogen-bond acceptors (Lipinski definition) is 4. The second kappa shape index (κ2) is 16.3. The summed E-state index contributed by atoms with van der Waals surface area (Å²) in [6.07, 6.45) is 1.77. The SMILES string of the molecule is CCOc1ccc(-c2ccc(Oc3ccc(-c4ccc(C(C)(C)c5ccc(-c6ccc(Oc7ccc(C=O)cc7)cc6)c(C)c5)cc4)cc3)cc2)c(CC)c1. The zero-order valence-corrected chi connectivity index (χ0v) is 32.1. The Kier molecular flexibility index (Phi) is 11.0. The Hall–Kier alpha value is -6.39. The number of aldehydes is 1. The van der Waals surface area contributed by atoms with Gasteiger partial charge in [0.25, 0.3) is 0 Å². The molecule has 0 spiro atoms. The molecular weight excluding hydrogens is 677 g/mol. The molecule has 0 unspecified atom stereocenters. The smallest absolute Gasteiger partial charge is 0.150 e. The van der Waals surface area contributed by atoms with Crippen molar-refractivity contribution < 1.29 is 19.0 Å². The molecule has 0 atom stereocenters. The van der Waals surface area contributed by atoms with Gasteiger partial charge in [-0.3, -0.25) is 4.79 Å². The van der Waals surface area contributed by atoms with Crippen LogP contribution < -0.4 is 14.2 Å². The van der Waals surface area contributed by atoms with E-state index in [-0.39, 0.29) is 5.41 Å². The van der Waals surface area contributed by atoms with E-state index in [2.05, 4.69) is 119 Å². The van der Waals surface area contributed by atoms with E-state index in [1.165, 1.54) is 33.4 Å². The van der Waals surface area contributed by atoms with E-state index in [4.69, 9.17) is 14.2 Å². The lowest BCUT2D eigenvalue weighted by atomic mass is 9.76. The first-order chi connectivity index (χ1) is 26.7. The first kappa shape index (κ1) is 36.9. The molecule has 7 aromatic carbocycles. The summed E-state index contributed by atoms with van der Waals surface area (Å²) in [7, 11) is 0. The minimum Gasteiger partial charge on any atom is -0.494 e. The molecule has 0 aromatic heterocycles. The van der Waals surface area contributed by atoms with Crippen LogP contribution in [-0.4, -0.2) is 12.9 Å². The lowest BCUT2D eigenvalue weighted by molar-refractivity contribution is 0.112. The summed E-state index contributed by atoms with van der Waals surface area (Å²) in [5.41, 5.74) is 12.5. The van der Waals surface area contributed by atoms with Crippen molar-refractivity contribution in [3.63, 3.8) is 0 Å². The van der Waals surface area contributed by atoms with Gasteiger partial charge in [0.2, 0.25) is 0 Å². The Balaban J connectivity index is 0.987. The third-order valence-electron chi connectivity index (χ3n) is 10.3. The van der Waals surface area contributed by atoms with Gasteiger partial charge in [0.05, 0.1) is 6.61 Å². The van der Waals surface area contributed by atoms with Crippen LogP contribution in [0.4, 0.5) is 0 Å². The Morgan fingerprint density at radius 3 is 1.42 bits per heavy atom. The van der Waals surface area contributed by atoms with Crippen LogP contribution in [0.15, 0.2) is 158 Å². The van der Waals surface area contributed by atoms with E-state index < -0.39 is 0 Å². The van der Waals surface area contributed by atoms with Crippen LogP contribution in [0.3, 0.4) is 0 Å². The van der Waals surface area contributed by atoms with Crippen molar-refractivity contribution in [3.05, 3.63) is 186 Å². The van der Waals surface area contributed by atoms with Crippen molar-refractivity contribution in [1.82, 2.24) is 0 Å². The van der Waals surface area contributed by atoms with Gasteiger partial charge in [0, 0.05) is 11.0 Å². The maximum Gasteiger partial charge on any atom is 0.150 e. The van der Waals surface area contributed by atoms with Crippen molar-refractivity contribution in [2.45, 2.75) is 46.5 Å². The molecule has 274 valence electrons. The number of carbonyl (C=O) groups excluding carboxylic acids is 1. The van der Waals surface area contributed by atoms with Crippen LogP contribution in [0.2, 0.25) is 0 Å². The maximum atomic E-state index is 10.9. The predicted molar refractivity (Wildman–Crippen MR) is 225 cm³/mol. The van der Waals surface area contributed by atoms with Crippen molar-refractivity contribution in [3.8, 4) is 62.1 Å². The van der Waals surface area contributed by atoms with E-state index in [1.807, 2.05) is 49.4 Å². The summed E-state index contributed by atoms with van der Waals surface area (Å²) in [6, 6.07) is 53.8. The highest BCUT2D eigenvalue weighted by Crippen LogP contribution is 2.37. The van der Waals surface area contributed by atoms with Gasteiger partial charge < -0.3 is 14.2 Å². The van der Waals surface area contributed by atoms with Gasteiger partial charge in [-0.25, -0.2) is 0 Å². The van der Waals surface area contributed by atoms with E-state index in [9.17, 15) is 4.79 Å². The van der Waals surface area contributed by atoms with Crippen LogP contribution in [-0.2, 0) is 11.8 Å². The number of ether oxygens (including phenoxy) is 3. The lowest BCUT2D eigenvalue weighted by Gasteiger charge is -2.27. The van der Waals surface area contributed by atoms with Gasteiger partial charge in [-0.15, -0.1) is 0 Å². The number of carbonyl (C=O) groups is 1. The quantitative estimate of drug-likeness (QED) is 0.111. The summed E-state index contributed by atoms with van der Waals surface area (Å²) in [6.45, 7) is 11.6. The van der Waals surface area contributed by atoms with Crippen molar-refractivity contribution in [2.24, 2.45) is 0 Å². The second-order valence-corrected chi connectivity index (χ2v) is 14.3. The first-order valence-electron chi connectivity index (χ1n) is 18.9. The molecule has 55 heavy (non-hydrogen) atoms. The highest BCUT2D eigenvalue weighted by molar-refractivity contribution is 5.75. The fourth-order valence-corrected chi connectivity index (χ4v) is 7.03. The average Bonchev–Trinajstić information content (AvgIpc) is 3.22. The molecule has 0 N–H and O–H groups in total. The third kappa shape index (κ3) is 8.40. The zero-order chi connectivity index (χ0) is 38.4. The fourth-order valence-electron chi connectivity index (χ4n) is 7.03. The monoisotopic (exact) mass is 722 g/mol. The highest BCUT2D eigenvalue weighted by atomic mass is 16.5. The van der Waals surface area contributed by atoms with Crippen LogP contribution in [0.25, 0.3) is 33.4 Å². The third-order valence-corrected chi connectivity index (χ3v) is 10.3. The standard InChI is InChI=1S/C51H46O4/c1-6-37-33-48(53-7-2)29-31-50(37)41-16-27-47(28-17-41)55-45-23-12-39(13-24-45)38-10-18-42(19-11-38)51(4,5)43-20-30-49(35(3)32-43)40-14-25-46(26-15-40)54-44-21-8-36(34-52)9-22-44/h8-34H,6-7H2,1-5H3. The van der Waals surface area contributed by atoms with Crippen molar-refractivity contribution >= 4 is 6.29 Å². The van der Waals surface area contributed by atoms with Gasteiger partial charge in [-0.05, 0) is 149 Å². The Morgan fingerprint density at radius 1 is 0.491 bits per heavy atom. The van der Waals surface area contributed by atoms with Crippen LogP contribution in [0, 0.1) is 6.92 Å². The maximum absolute atomic E-state index is 10.9. The lowest BCUT2D eigenvalue weighted by Crippen LogP contribution is -2.19. The molecule has 0 aliphatic heterocycles. The predicted octanol–water partition coefficient (Wildman–Crippen LogP) is 13.7. The molecule has 0 saturated carbocycles. The molecule has 0 saturated heterocycles. The topological polar surface area (TPSA) is 44.8 Å². The number of hydrogen-bond donors (Lipinski definition) is 0. The minimum atomic E-state index is -0.183. The van der Waals surface area contributed by atoms with Crippen LogP contribution >= 0.6 is 0 Å². The summed E-state index contributed by atoms with van der Waals surface area (Å²) in [4.78, 5) is 10.9. The van der Waals surface area contributed by atoms with Gasteiger partial charge in [-0.1, -0.05) is 106 Å². The average molecular weight is 723 g/mol. The second-order valence-electron chi connectivity index (χ2n) is 14.3. The Bertz CT molecular complexity index is 2370. The summed E-state index contributed by atoms with van der Waals surface area (Å²) in [5.74, 6) is 3.96. The highest BCUT2D eigenvalue weighted by Gasteiger charge is 2.24. The molecule has 4 nitrogen and oxygen atoms in total. The van der Waals surface area contributed by atoms with Crippen molar-refractivity contribution in [1.29, 1.82) is 0 Å². The van der Waals surface area contributed by atoms with Gasteiger partial charge >= 0.3 is 0 Å². The first-order valence-corrected chi connectivity index (χ1v) is 18.9. The molecule has 0 aliphatic carbocycles. The molecular formula is C51H46O4. The van der Waals surface area contributed by atoms with Crippen LogP contribution in [0.1, 0.15) is 60.3 Å². The van der Waals surface area contributed by atoms with Crippen LogP contribution in [0.5, 0.6) is 28.7 Å². The van der Waals surface area contributed by atoms with Crippen molar-refractivity contribution in [2.75, 3.05) is 6.61 Å². The molecule has 4 heteroatoms. The molecule has 0 aliphatic rings. The van der Waals surface area contributed by atoms with E-state index in [0.29, 0.717) is 17.9 Å². The molecule has 0 heterocycles. The molecule has 7 aromatic rings. The minimum absolute atomic E-state index is 0.183. The van der Waals surface area contributed by atoms with Gasteiger partial charge in [0.1, 0.15) is 35.0 Å². The number of aryl methyl sites for hydroxylation is 2. The van der Waals surface area contributed by atoms with E-state index in [1.54, 1.807) is 24.3 Å². The van der Waals surface area contributed by atoms with Gasteiger partial charge in [-0.2, -0.15) is 0 Å². The number of rotatable bonds is 13. The molecule has 0 radical (unpaired) electrons. The fraction of sp³-hybridized carbons (Fsp3) is 0.157. The number of benzene rings is 7. The normalized spacial score (nSPS) is 11.2. The molecule has 0 amide bonds. The largest absolute Gasteiger partial charge is 0.494 e. The summed E-state index contributed by atoms with van der Waals surface area (Å²) < 4.78 is 17.9. The van der Waals surface area contributed by atoms with E-state index >= 15 is 0 Å². The molecule has 0 fully saturated rings. The Labute approximate surface area is 325 Å².